The molecule has 1 fully saturated rings. The number of H-pyrrole nitrogens is 1. The van der Waals surface area contributed by atoms with Crippen LogP contribution in [0.15, 0.2) is 96.8 Å². The molecule has 0 radical (unpaired) electrons. The number of halogens is 1. The molecule has 9 nitrogen and oxygen atoms in total. The van der Waals surface area contributed by atoms with Crippen molar-refractivity contribution in [2.45, 2.75) is 24.3 Å². The number of aromatic nitrogens is 4. The van der Waals surface area contributed by atoms with E-state index in [-0.39, 0.29) is 16.8 Å². The second-order valence-corrected chi connectivity index (χ2v) is 12.4. The second-order valence-electron chi connectivity index (χ2n) is 10.4. The molecule has 5 aromatic rings. The highest BCUT2D eigenvalue weighted by atomic mass is 32.2. The lowest BCUT2D eigenvalue weighted by Crippen LogP contribution is -2.15. The van der Waals surface area contributed by atoms with Gasteiger partial charge >= 0.3 is 5.97 Å². The minimum atomic E-state index is -3.48. The average molecular weight is 611 g/mol. The number of sulfone groups is 1. The monoisotopic (exact) mass is 610 g/mol. The van der Waals surface area contributed by atoms with Crippen LogP contribution in [-0.4, -0.2) is 40.8 Å². The van der Waals surface area contributed by atoms with E-state index in [2.05, 4.69) is 26.7 Å². The average Bonchev–Trinajstić information content (AvgIpc) is 3.36. The summed E-state index contributed by atoms with van der Waals surface area (Å²) in [4.78, 5) is 20.3. The number of esters is 1. The van der Waals surface area contributed by atoms with Gasteiger partial charge in [-0.25, -0.2) is 23.2 Å². The summed E-state index contributed by atoms with van der Waals surface area (Å²) < 4.78 is 49.6. The third-order valence-corrected chi connectivity index (χ3v) is 8.46. The molecular formula is C33H27FN4O5S. The molecule has 222 valence electrons. The number of allylic oxidation sites excluding steroid dienone is 1. The summed E-state index contributed by atoms with van der Waals surface area (Å²) in [5, 5.41) is 6.63. The molecule has 2 heterocycles. The highest BCUT2D eigenvalue weighted by molar-refractivity contribution is 7.90. The highest BCUT2D eigenvalue weighted by Crippen LogP contribution is 2.47. The van der Waals surface area contributed by atoms with E-state index in [1.165, 1.54) is 6.20 Å². The lowest BCUT2D eigenvalue weighted by atomic mass is 9.73. The van der Waals surface area contributed by atoms with Crippen molar-refractivity contribution in [3.05, 3.63) is 114 Å². The first kappa shape index (κ1) is 28.9. The van der Waals surface area contributed by atoms with E-state index in [0.717, 1.165) is 60.1 Å². The van der Waals surface area contributed by atoms with Crippen molar-refractivity contribution in [3.63, 3.8) is 0 Å². The van der Waals surface area contributed by atoms with Gasteiger partial charge in [0.25, 0.3) is 0 Å². The van der Waals surface area contributed by atoms with E-state index in [9.17, 15) is 17.6 Å². The molecule has 3 aromatic carbocycles. The molecule has 0 unspecified atom stereocenters. The quantitative estimate of drug-likeness (QED) is 0.0864. The number of hydrogen-bond donors (Lipinski definition) is 1. The van der Waals surface area contributed by atoms with Crippen LogP contribution in [0.2, 0.25) is 0 Å². The zero-order valence-corrected chi connectivity index (χ0v) is 24.5. The van der Waals surface area contributed by atoms with Crippen molar-refractivity contribution in [2.75, 3.05) is 6.26 Å². The Bertz CT molecular complexity index is 2020. The predicted octanol–water partition coefficient (Wildman–Crippen LogP) is 6.54. The Kier molecular flexibility index (Phi) is 7.79. The molecule has 1 aliphatic rings. The second kappa shape index (κ2) is 11.8. The summed E-state index contributed by atoms with van der Waals surface area (Å²) in [5.41, 5.74) is 4.72. The lowest BCUT2D eigenvalue weighted by Gasteiger charge is -2.32. The Balaban J connectivity index is 1.48. The number of carbonyl (C=O) groups is 1. The van der Waals surface area contributed by atoms with Crippen LogP contribution in [-0.2, 0) is 14.6 Å². The van der Waals surface area contributed by atoms with Crippen LogP contribution in [0.1, 0.15) is 36.0 Å². The Morgan fingerprint density at radius 3 is 2.43 bits per heavy atom. The number of fused-ring (bicyclic) bond motifs is 1. The van der Waals surface area contributed by atoms with E-state index in [4.69, 9.17) is 9.47 Å². The van der Waals surface area contributed by atoms with Gasteiger partial charge < -0.3 is 9.47 Å². The van der Waals surface area contributed by atoms with Gasteiger partial charge in [0.2, 0.25) is 11.8 Å². The Hall–Kier alpha value is -5.16. The number of para-hydroxylation sites is 1. The number of aromatic amines is 1. The molecule has 1 aliphatic carbocycles. The predicted molar refractivity (Wildman–Crippen MR) is 163 cm³/mol. The summed E-state index contributed by atoms with van der Waals surface area (Å²) in [7, 11) is -3.48. The number of nitrogens with one attached hydrogen (secondary N) is 1. The Morgan fingerprint density at radius 2 is 1.77 bits per heavy atom. The van der Waals surface area contributed by atoms with Gasteiger partial charge in [0.15, 0.2) is 14.9 Å². The van der Waals surface area contributed by atoms with Gasteiger partial charge in [0.1, 0.15) is 11.5 Å². The van der Waals surface area contributed by atoms with Crippen molar-refractivity contribution >= 4 is 37.9 Å². The van der Waals surface area contributed by atoms with Gasteiger partial charge in [0, 0.05) is 17.9 Å². The smallest absolute Gasteiger partial charge is 0.335 e. The molecule has 0 bridgehead atoms. The third-order valence-electron chi connectivity index (χ3n) is 7.49. The minimum absolute atomic E-state index is 0.143. The maximum Gasteiger partial charge on any atom is 0.335 e. The van der Waals surface area contributed by atoms with Crippen LogP contribution >= 0.6 is 0 Å². The Labute approximate surface area is 253 Å². The molecular weight excluding hydrogens is 583 g/mol. The first-order valence-electron chi connectivity index (χ1n) is 13.8. The zero-order chi connectivity index (χ0) is 30.8. The summed E-state index contributed by atoms with van der Waals surface area (Å²) in [6, 6.07) is 20.1. The largest absolute Gasteiger partial charge is 0.438 e. The summed E-state index contributed by atoms with van der Waals surface area (Å²) in [6.45, 7) is 3.53. The highest BCUT2D eigenvalue weighted by Gasteiger charge is 2.29. The van der Waals surface area contributed by atoms with E-state index < -0.39 is 21.8 Å². The van der Waals surface area contributed by atoms with Crippen LogP contribution in [0.4, 0.5) is 4.39 Å². The van der Waals surface area contributed by atoms with Crippen LogP contribution in [0.5, 0.6) is 17.4 Å². The third kappa shape index (κ3) is 5.86. The van der Waals surface area contributed by atoms with Crippen LogP contribution in [0, 0.1) is 11.9 Å². The molecule has 11 heteroatoms. The van der Waals surface area contributed by atoms with Crippen molar-refractivity contribution in [2.24, 2.45) is 5.92 Å². The number of hydrogen-bond acceptors (Lipinski definition) is 8. The molecule has 2 aromatic heterocycles. The van der Waals surface area contributed by atoms with Crippen molar-refractivity contribution in [3.8, 4) is 17.4 Å². The molecule has 0 atom stereocenters. The van der Waals surface area contributed by atoms with Gasteiger partial charge in [-0.1, -0.05) is 49.4 Å². The van der Waals surface area contributed by atoms with Crippen molar-refractivity contribution in [1.29, 1.82) is 0 Å². The standard InChI is InChI=1S/C33H27FN4O5S/c1-3-30(39)43-27-10-5-4-9-24(27)32(22-13-16-26-25(17-22)33(34)38-37-26)31(20-7-6-8-20)21-11-14-23(15-12-21)42-28-18-36-29(19-35-28)44(2,40)41/h3-5,9-20H,1,6-8H2,2H3,(H,37,38)/b32-31-. The van der Waals surface area contributed by atoms with E-state index in [1.807, 2.05) is 30.3 Å². The number of benzene rings is 3. The number of rotatable bonds is 9. The zero-order valence-electron chi connectivity index (χ0n) is 23.7. The van der Waals surface area contributed by atoms with Crippen molar-refractivity contribution < 1.29 is 27.1 Å². The first-order valence-corrected chi connectivity index (χ1v) is 15.7. The normalized spacial score (nSPS) is 14.0. The molecule has 1 saturated carbocycles. The maximum absolute atomic E-state index is 14.7. The van der Waals surface area contributed by atoms with Crippen LogP contribution in [0.3, 0.4) is 0 Å². The van der Waals surface area contributed by atoms with Gasteiger partial charge in [-0.3, -0.25) is 5.10 Å². The maximum atomic E-state index is 14.7. The summed E-state index contributed by atoms with van der Waals surface area (Å²) in [5.74, 6) is -0.0208. The fourth-order valence-corrected chi connectivity index (χ4v) is 5.65. The fraction of sp³-hybridized carbons (Fsp3) is 0.152. The SMILES string of the molecule is C=CC(=O)Oc1ccccc1/C(=C(\c1ccc(Oc2cnc(S(C)(=O)=O)cn2)cc1)C1CCC1)c1ccc2[nH]nc(F)c2c1. The number of carbonyl (C=O) groups excluding carboxylic acids is 1. The molecule has 0 saturated heterocycles. The summed E-state index contributed by atoms with van der Waals surface area (Å²) in [6.07, 6.45) is 7.55. The number of ether oxygens (including phenoxy) is 2. The van der Waals surface area contributed by atoms with Crippen LogP contribution < -0.4 is 9.47 Å². The summed E-state index contributed by atoms with van der Waals surface area (Å²) >= 11 is 0. The van der Waals surface area contributed by atoms with Crippen LogP contribution in [0.25, 0.3) is 22.0 Å². The topological polar surface area (TPSA) is 124 Å². The Morgan fingerprint density at radius 1 is 1.02 bits per heavy atom. The molecule has 6 rings (SSSR count). The fourth-order valence-electron chi connectivity index (χ4n) is 5.16. The van der Waals surface area contributed by atoms with Crippen molar-refractivity contribution in [1.82, 2.24) is 20.2 Å². The van der Waals surface area contributed by atoms with E-state index in [0.29, 0.717) is 28.0 Å². The molecule has 1 N–H and O–H groups in total. The molecule has 0 amide bonds. The first-order chi connectivity index (χ1) is 21.2. The number of nitrogens with zero attached hydrogens (tertiary/aromatic N) is 3. The minimum Gasteiger partial charge on any atom is -0.438 e. The van der Waals surface area contributed by atoms with E-state index in [1.54, 1.807) is 36.4 Å². The molecule has 0 spiro atoms. The molecule has 44 heavy (non-hydrogen) atoms. The molecule has 0 aliphatic heterocycles. The lowest BCUT2D eigenvalue weighted by molar-refractivity contribution is -0.128. The van der Waals surface area contributed by atoms with Gasteiger partial charge in [-0.15, -0.1) is 5.10 Å². The van der Waals surface area contributed by atoms with Gasteiger partial charge in [-0.2, -0.15) is 4.39 Å². The van der Waals surface area contributed by atoms with Gasteiger partial charge in [-0.05, 0) is 71.4 Å². The van der Waals surface area contributed by atoms with Gasteiger partial charge in [0.05, 0.1) is 23.3 Å². The van der Waals surface area contributed by atoms with E-state index >= 15 is 0 Å².